The number of benzene rings is 4. The number of ketones is 1. The predicted molar refractivity (Wildman–Crippen MR) is 150 cm³/mol. The Morgan fingerprint density at radius 3 is 2.15 bits per heavy atom. The number of aryl methyl sites for hydroxylation is 1. The fourth-order valence-corrected chi connectivity index (χ4v) is 7.03. The van der Waals surface area contributed by atoms with Crippen molar-refractivity contribution >= 4 is 33.1 Å². The molecule has 9 heteroatoms. The van der Waals surface area contributed by atoms with Crippen LogP contribution in [0.3, 0.4) is 0 Å². The minimum atomic E-state index is -4.24. The van der Waals surface area contributed by atoms with E-state index in [2.05, 4.69) is 0 Å². The van der Waals surface area contributed by atoms with E-state index in [1.54, 1.807) is 91.0 Å². The number of carbonyl (C=O) groups excluding carboxylic acids is 1. The van der Waals surface area contributed by atoms with Gasteiger partial charge in [0, 0.05) is 21.9 Å². The summed E-state index contributed by atoms with van der Waals surface area (Å²) in [5.41, 5.74) is 2.48. The third-order valence-electron chi connectivity index (χ3n) is 7.10. The molecule has 0 unspecified atom stereocenters. The third-order valence-corrected chi connectivity index (χ3v) is 9.16. The first-order valence-corrected chi connectivity index (χ1v) is 14.2. The standard InChI is InChI=1S/C30H25ClN2O5S/c1-20-11-17-24(18-12-20)39(37,38)32-27-10-6-5-9-25(27)26(19-28(34)21-13-15-23(31)16-14-21)30(33(35)36)29(32)22-7-3-2-4-8-22/h2-18,26,29-30H,19H2,1H3/t26-,29-,30+/m0/s1. The molecule has 0 N–H and O–H groups in total. The largest absolute Gasteiger partial charge is 0.294 e. The maximum absolute atomic E-state index is 14.2. The molecule has 1 aliphatic rings. The summed E-state index contributed by atoms with van der Waals surface area (Å²) in [5, 5.41) is 13.3. The summed E-state index contributed by atoms with van der Waals surface area (Å²) in [6, 6.07) is 25.4. The Balaban J connectivity index is 1.72. The van der Waals surface area contributed by atoms with E-state index >= 15 is 0 Å². The van der Waals surface area contributed by atoms with Crippen LogP contribution in [0.2, 0.25) is 5.02 Å². The van der Waals surface area contributed by atoms with Crippen LogP contribution in [0.15, 0.2) is 108 Å². The molecule has 1 aliphatic heterocycles. The van der Waals surface area contributed by atoms with Gasteiger partial charge in [-0.15, -0.1) is 0 Å². The van der Waals surface area contributed by atoms with Crippen molar-refractivity contribution in [2.45, 2.75) is 36.2 Å². The van der Waals surface area contributed by atoms with Gasteiger partial charge in [0.25, 0.3) is 10.0 Å². The summed E-state index contributed by atoms with van der Waals surface area (Å²) >= 11 is 5.98. The Bertz CT molecular complexity index is 1620. The van der Waals surface area contributed by atoms with Crippen LogP contribution in [-0.4, -0.2) is 25.2 Å². The quantitative estimate of drug-likeness (QED) is 0.144. The number of hydrogen-bond donors (Lipinski definition) is 0. The van der Waals surface area contributed by atoms with Gasteiger partial charge in [-0.3, -0.25) is 19.2 Å². The molecule has 5 rings (SSSR count). The van der Waals surface area contributed by atoms with Crippen LogP contribution < -0.4 is 4.31 Å². The molecule has 1 heterocycles. The first-order chi connectivity index (χ1) is 18.7. The second-order valence-corrected chi connectivity index (χ2v) is 11.8. The van der Waals surface area contributed by atoms with Gasteiger partial charge < -0.3 is 0 Å². The second-order valence-electron chi connectivity index (χ2n) is 9.54. The highest BCUT2D eigenvalue weighted by molar-refractivity contribution is 7.92. The molecule has 3 atom stereocenters. The molecule has 0 amide bonds. The van der Waals surface area contributed by atoms with Crippen molar-refractivity contribution in [2.75, 3.05) is 4.31 Å². The van der Waals surface area contributed by atoms with Crippen LogP contribution in [0.25, 0.3) is 0 Å². The first kappa shape index (κ1) is 26.6. The Morgan fingerprint density at radius 1 is 0.897 bits per heavy atom. The fraction of sp³-hybridized carbons (Fsp3) is 0.167. The summed E-state index contributed by atoms with van der Waals surface area (Å²) in [5.74, 6) is -1.17. The van der Waals surface area contributed by atoms with Crippen molar-refractivity contribution in [3.8, 4) is 0 Å². The van der Waals surface area contributed by atoms with Crippen molar-refractivity contribution in [1.29, 1.82) is 0 Å². The zero-order chi connectivity index (χ0) is 27.7. The maximum Gasteiger partial charge on any atom is 0.265 e. The Hall–Kier alpha value is -4.01. The van der Waals surface area contributed by atoms with E-state index in [4.69, 9.17) is 11.6 Å². The number of nitro groups is 1. The number of para-hydroxylation sites is 1. The minimum Gasteiger partial charge on any atom is -0.294 e. The van der Waals surface area contributed by atoms with Gasteiger partial charge in [0.2, 0.25) is 6.04 Å². The Labute approximate surface area is 231 Å². The molecule has 0 aromatic heterocycles. The van der Waals surface area contributed by atoms with Gasteiger partial charge in [0.05, 0.1) is 16.5 Å². The minimum absolute atomic E-state index is 0.0293. The summed E-state index contributed by atoms with van der Waals surface area (Å²) in [4.78, 5) is 25.8. The van der Waals surface area contributed by atoms with E-state index < -0.39 is 32.9 Å². The van der Waals surface area contributed by atoms with Gasteiger partial charge in [-0.2, -0.15) is 0 Å². The van der Waals surface area contributed by atoms with E-state index in [-0.39, 0.29) is 17.1 Å². The van der Waals surface area contributed by atoms with E-state index in [1.165, 1.54) is 16.4 Å². The maximum atomic E-state index is 14.2. The van der Waals surface area contributed by atoms with E-state index in [0.29, 0.717) is 27.4 Å². The van der Waals surface area contributed by atoms with Crippen LogP contribution in [0.1, 0.15) is 45.4 Å². The van der Waals surface area contributed by atoms with Crippen molar-refractivity contribution < 1.29 is 18.1 Å². The molecule has 0 fully saturated rings. The average Bonchev–Trinajstić information content (AvgIpc) is 2.93. The summed E-state index contributed by atoms with van der Waals surface area (Å²) < 4.78 is 29.6. The highest BCUT2D eigenvalue weighted by atomic mass is 35.5. The number of nitrogens with zero attached hydrogens (tertiary/aromatic N) is 2. The topological polar surface area (TPSA) is 97.6 Å². The van der Waals surface area contributed by atoms with Crippen LogP contribution in [0, 0.1) is 17.0 Å². The smallest absolute Gasteiger partial charge is 0.265 e. The lowest BCUT2D eigenvalue weighted by Crippen LogP contribution is -2.50. The predicted octanol–water partition coefficient (Wildman–Crippen LogP) is 6.60. The van der Waals surface area contributed by atoms with Crippen molar-refractivity contribution in [2.24, 2.45) is 0 Å². The molecule has 198 valence electrons. The Kier molecular flexibility index (Phi) is 7.25. The molecule has 39 heavy (non-hydrogen) atoms. The third kappa shape index (κ3) is 5.05. The molecule has 0 saturated heterocycles. The summed E-state index contributed by atoms with van der Waals surface area (Å²) in [6.45, 7) is 1.85. The lowest BCUT2D eigenvalue weighted by atomic mass is 9.77. The second kappa shape index (κ2) is 10.6. The molecular weight excluding hydrogens is 536 g/mol. The number of hydrogen-bond acceptors (Lipinski definition) is 5. The summed E-state index contributed by atoms with van der Waals surface area (Å²) in [7, 11) is -4.24. The molecule has 0 spiro atoms. The molecule has 0 radical (unpaired) electrons. The molecule has 0 aliphatic carbocycles. The normalized spacial score (nSPS) is 18.8. The van der Waals surface area contributed by atoms with E-state index in [9.17, 15) is 23.3 Å². The Morgan fingerprint density at radius 2 is 1.51 bits per heavy atom. The molecular formula is C30H25ClN2O5S. The zero-order valence-electron chi connectivity index (χ0n) is 21.0. The van der Waals surface area contributed by atoms with Crippen LogP contribution in [0.4, 0.5) is 5.69 Å². The van der Waals surface area contributed by atoms with Gasteiger partial charge in [-0.05, 0) is 60.5 Å². The lowest BCUT2D eigenvalue weighted by molar-refractivity contribution is -0.531. The highest BCUT2D eigenvalue weighted by Crippen LogP contribution is 2.50. The molecule has 4 aromatic rings. The molecule has 7 nitrogen and oxygen atoms in total. The molecule has 4 aromatic carbocycles. The SMILES string of the molecule is Cc1ccc(S(=O)(=O)N2c3ccccc3[C@H](CC(=O)c3ccc(Cl)cc3)[C@@H]([N+](=O)[O-])[C@@H]2c2ccccc2)cc1. The van der Waals surface area contributed by atoms with Crippen LogP contribution >= 0.6 is 11.6 Å². The number of carbonyl (C=O) groups is 1. The van der Waals surface area contributed by atoms with Crippen molar-refractivity contribution in [3.05, 3.63) is 141 Å². The van der Waals surface area contributed by atoms with Gasteiger partial charge in [-0.1, -0.05) is 77.8 Å². The van der Waals surface area contributed by atoms with Gasteiger partial charge in [-0.25, -0.2) is 8.42 Å². The monoisotopic (exact) mass is 560 g/mol. The van der Waals surface area contributed by atoms with E-state index in [0.717, 1.165) is 5.56 Å². The number of rotatable bonds is 7. The molecule has 0 bridgehead atoms. The van der Waals surface area contributed by atoms with Crippen molar-refractivity contribution in [1.82, 2.24) is 0 Å². The lowest BCUT2D eigenvalue weighted by Gasteiger charge is -2.42. The van der Waals surface area contributed by atoms with Gasteiger partial charge in [0.1, 0.15) is 6.04 Å². The fourth-order valence-electron chi connectivity index (χ4n) is 5.23. The van der Waals surface area contributed by atoms with Crippen LogP contribution in [0.5, 0.6) is 0 Å². The van der Waals surface area contributed by atoms with Gasteiger partial charge >= 0.3 is 0 Å². The van der Waals surface area contributed by atoms with Crippen molar-refractivity contribution in [3.63, 3.8) is 0 Å². The number of sulfonamides is 1. The number of anilines is 1. The first-order valence-electron chi connectivity index (χ1n) is 12.4. The van der Waals surface area contributed by atoms with Gasteiger partial charge in [0.15, 0.2) is 5.78 Å². The zero-order valence-corrected chi connectivity index (χ0v) is 22.5. The molecule has 0 saturated carbocycles. The summed E-state index contributed by atoms with van der Waals surface area (Å²) in [6.07, 6.45) is -0.175. The highest BCUT2D eigenvalue weighted by Gasteiger charge is 2.53. The number of Topliss-reactive ketones (excluding diaryl/α,β-unsaturated/α-hetero) is 1. The number of halogens is 1. The average molecular weight is 561 g/mol. The van der Waals surface area contributed by atoms with Crippen LogP contribution in [-0.2, 0) is 10.0 Å². The van der Waals surface area contributed by atoms with E-state index in [1.807, 2.05) is 6.92 Å². The number of fused-ring (bicyclic) bond motifs is 1.